The minimum Gasteiger partial charge on any atom is -0.382 e. The van der Waals surface area contributed by atoms with Crippen molar-refractivity contribution in [3.8, 4) is 0 Å². The van der Waals surface area contributed by atoms with Crippen LogP contribution in [-0.4, -0.2) is 59.1 Å². The van der Waals surface area contributed by atoms with Gasteiger partial charge in [0, 0.05) is 38.7 Å². The Hall–Kier alpha value is -0.0951. The van der Waals surface area contributed by atoms with E-state index in [1.807, 2.05) is 6.92 Å². The summed E-state index contributed by atoms with van der Waals surface area (Å²) < 4.78 is 22.5. The normalized spacial score (nSPS) is 43.2. The van der Waals surface area contributed by atoms with Crippen molar-refractivity contribution in [1.29, 1.82) is 0 Å². The predicted molar refractivity (Wildman–Crippen MR) is 59.6 cm³/mol. The Kier molecular flexibility index (Phi) is 3.90. The van der Waals surface area contributed by atoms with E-state index in [2.05, 4.69) is 0 Å². The largest absolute Gasteiger partial charge is 0.382 e. The molecule has 0 spiro atoms. The zero-order valence-corrected chi connectivity index (χ0v) is 9.98. The third-order valence-corrected chi connectivity index (χ3v) is 3.41. The van der Waals surface area contributed by atoms with Crippen LogP contribution < -0.4 is 0 Å². The van der Waals surface area contributed by atoms with Crippen LogP contribution in [0.15, 0.2) is 0 Å². The summed E-state index contributed by atoms with van der Waals surface area (Å²) in [5, 5.41) is 0. The summed E-state index contributed by atoms with van der Waals surface area (Å²) in [6, 6.07) is -0.313. The molecule has 4 atom stereocenters. The van der Waals surface area contributed by atoms with E-state index in [0.29, 0.717) is 26.4 Å². The second-order valence-corrected chi connectivity index (χ2v) is 4.44. The average molecular weight is 226 g/mol. The molecule has 4 nitrogen and oxygen atoms in total. The molecule has 16 heavy (non-hydrogen) atoms. The van der Waals surface area contributed by atoms with Crippen molar-refractivity contribution in [2.45, 2.75) is 31.1 Å². The molecular weight excluding hydrogens is 207 g/mol. The van der Waals surface area contributed by atoms with Crippen LogP contribution in [0, 0.1) is 5.92 Å². The van der Waals surface area contributed by atoms with Gasteiger partial charge < -0.3 is 18.9 Å². The van der Waals surface area contributed by atoms with Crippen molar-refractivity contribution in [2.75, 3.05) is 33.5 Å². The summed E-state index contributed by atoms with van der Waals surface area (Å²) in [7, 11) is 7.66. The van der Waals surface area contributed by atoms with Crippen molar-refractivity contribution in [3.05, 3.63) is 0 Å². The van der Waals surface area contributed by atoms with Gasteiger partial charge in [0.05, 0.1) is 19.3 Å². The summed E-state index contributed by atoms with van der Waals surface area (Å²) in [4.78, 5) is 0. The monoisotopic (exact) mass is 226 g/mol. The van der Waals surface area contributed by atoms with E-state index >= 15 is 0 Å². The zero-order chi connectivity index (χ0) is 11.6. The zero-order valence-electron chi connectivity index (χ0n) is 9.98. The maximum Gasteiger partial charge on any atom is 0.119 e. The number of fused-ring (bicyclic) bond motifs is 2. The number of ether oxygens (including phenoxy) is 4. The highest BCUT2D eigenvalue weighted by molar-refractivity contribution is 6.11. The Labute approximate surface area is 98.0 Å². The molecule has 0 saturated carbocycles. The van der Waals surface area contributed by atoms with Gasteiger partial charge in [-0.15, -0.1) is 0 Å². The molecule has 0 amide bonds. The van der Waals surface area contributed by atoms with Gasteiger partial charge in [-0.2, -0.15) is 0 Å². The highest BCUT2D eigenvalue weighted by Crippen LogP contribution is 2.41. The highest BCUT2D eigenvalue weighted by Gasteiger charge is 2.55. The number of methoxy groups -OCH3 is 1. The Morgan fingerprint density at radius 1 is 1.50 bits per heavy atom. The fraction of sp³-hybridized carbons (Fsp3) is 1.00. The fourth-order valence-electron chi connectivity index (χ4n) is 2.72. The van der Waals surface area contributed by atoms with Gasteiger partial charge in [-0.1, -0.05) is 0 Å². The quantitative estimate of drug-likeness (QED) is 0.647. The lowest BCUT2D eigenvalue weighted by molar-refractivity contribution is -0.130. The summed E-state index contributed by atoms with van der Waals surface area (Å²) >= 11 is 0. The molecule has 2 bridgehead atoms. The first-order valence-corrected chi connectivity index (χ1v) is 5.85. The second-order valence-electron chi connectivity index (χ2n) is 4.44. The van der Waals surface area contributed by atoms with Crippen LogP contribution >= 0.6 is 0 Å². The number of hydrogen-bond donors (Lipinski definition) is 0. The van der Waals surface area contributed by atoms with Gasteiger partial charge in [0.25, 0.3) is 0 Å². The lowest BCUT2D eigenvalue weighted by Gasteiger charge is -2.33. The molecule has 2 heterocycles. The smallest absolute Gasteiger partial charge is 0.119 e. The van der Waals surface area contributed by atoms with E-state index in [9.17, 15) is 0 Å². The number of rotatable bonds is 4. The summed E-state index contributed by atoms with van der Waals surface area (Å²) in [6.07, 6.45) is 0.755. The van der Waals surface area contributed by atoms with Gasteiger partial charge >= 0.3 is 0 Å². The topological polar surface area (TPSA) is 36.9 Å². The van der Waals surface area contributed by atoms with Crippen LogP contribution in [0.3, 0.4) is 0 Å². The van der Waals surface area contributed by atoms with Crippen molar-refractivity contribution in [3.63, 3.8) is 0 Å². The molecular formula is C11H19BO4. The van der Waals surface area contributed by atoms with Crippen LogP contribution in [0.1, 0.15) is 13.3 Å². The predicted octanol–water partition coefficient (Wildman–Crippen LogP) is 0.338. The maximum absolute atomic E-state index is 5.99. The van der Waals surface area contributed by atoms with Crippen LogP contribution in [0.2, 0.25) is 0 Å². The molecule has 0 aromatic rings. The molecule has 2 fully saturated rings. The van der Waals surface area contributed by atoms with Crippen molar-refractivity contribution < 1.29 is 18.9 Å². The van der Waals surface area contributed by atoms with E-state index in [1.165, 1.54) is 0 Å². The summed E-state index contributed by atoms with van der Waals surface area (Å²) in [6.45, 7) is 4.43. The van der Waals surface area contributed by atoms with Gasteiger partial charge in [0.15, 0.2) is 0 Å². The molecule has 2 radical (unpaired) electrons. The van der Waals surface area contributed by atoms with Gasteiger partial charge in [-0.3, -0.25) is 0 Å². The fourth-order valence-corrected chi connectivity index (χ4v) is 2.72. The minimum absolute atomic E-state index is 0.0186. The molecule has 2 rings (SSSR count). The summed E-state index contributed by atoms with van der Waals surface area (Å²) in [5.41, 5.74) is -0.425. The SMILES string of the molecule is [B][C@@H]1O[C@]2(COC)CCOCC1[C@@H]2OCC. The molecule has 0 aromatic carbocycles. The lowest BCUT2D eigenvalue weighted by Crippen LogP contribution is -2.47. The molecule has 0 aromatic heterocycles. The molecule has 90 valence electrons. The van der Waals surface area contributed by atoms with Crippen molar-refractivity contribution >= 4 is 7.85 Å². The van der Waals surface area contributed by atoms with E-state index in [4.69, 9.17) is 26.8 Å². The summed E-state index contributed by atoms with van der Waals surface area (Å²) in [5.74, 6) is 0.109. The van der Waals surface area contributed by atoms with Gasteiger partial charge in [0.1, 0.15) is 13.4 Å². The Balaban J connectivity index is 2.21. The minimum atomic E-state index is -0.425. The van der Waals surface area contributed by atoms with Crippen LogP contribution in [0.4, 0.5) is 0 Å². The molecule has 2 saturated heterocycles. The molecule has 5 heteroatoms. The molecule has 1 unspecified atom stereocenters. The van der Waals surface area contributed by atoms with Crippen molar-refractivity contribution in [1.82, 2.24) is 0 Å². The lowest BCUT2D eigenvalue weighted by atomic mass is 9.82. The van der Waals surface area contributed by atoms with Crippen LogP contribution in [0.5, 0.6) is 0 Å². The third kappa shape index (κ3) is 2.01. The Bertz CT molecular complexity index is 238. The number of hydrogen-bond acceptors (Lipinski definition) is 4. The van der Waals surface area contributed by atoms with Crippen LogP contribution in [-0.2, 0) is 18.9 Å². The van der Waals surface area contributed by atoms with E-state index in [1.54, 1.807) is 7.11 Å². The van der Waals surface area contributed by atoms with Gasteiger partial charge in [-0.05, 0) is 6.92 Å². The van der Waals surface area contributed by atoms with Crippen molar-refractivity contribution in [2.24, 2.45) is 5.92 Å². The van der Waals surface area contributed by atoms with Gasteiger partial charge in [-0.25, -0.2) is 0 Å². The second kappa shape index (κ2) is 5.04. The maximum atomic E-state index is 5.99. The first kappa shape index (κ1) is 12.4. The standard InChI is InChI=1S/C11H19BO4/c1-3-15-9-8-6-14-5-4-11(9,7-13-2)16-10(8)12/h8-10H,3-7H2,1-2H3/t8?,9-,10+,11-/m0/s1. The first-order valence-electron chi connectivity index (χ1n) is 5.85. The molecule has 2 aliphatic rings. The Morgan fingerprint density at radius 2 is 2.31 bits per heavy atom. The van der Waals surface area contributed by atoms with E-state index in [0.717, 1.165) is 6.42 Å². The van der Waals surface area contributed by atoms with Gasteiger partial charge in [0.2, 0.25) is 0 Å². The first-order chi connectivity index (χ1) is 7.73. The highest BCUT2D eigenvalue weighted by atomic mass is 16.6. The van der Waals surface area contributed by atoms with E-state index in [-0.39, 0.29) is 18.0 Å². The third-order valence-electron chi connectivity index (χ3n) is 3.41. The molecule has 2 aliphatic heterocycles. The van der Waals surface area contributed by atoms with E-state index < -0.39 is 5.60 Å². The average Bonchev–Trinajstić information content (AvgIpc) is 2.40. The molecule has 0 N–H and O–H groups in total. The van der Waals surface area contributed by atoms with Crippen LogP contribution in [0.25, 0.3) is 0 Å². The Morgan fingerprint density at radius 3 is 3.00 bits per heavy atom. The molecule has 0 aliphatic carbocycles.